The molecule has 0 saturated heterocycles. The summed E-state index contributed by atoms with van der Waals surface area (Å²) >= 11 is 0. The molecule has 88 valence electrons. The zero-order valence-corrected chi connectivity index (χ0v) is 9.55. The van der Waals surface area contributed by atoms with Gasteiger partial charge in [-0.1, -0.05) is 24.3 Å². The van der Waals surface area contributed by atoms with Crippen LogP contribution < -0.4 is 0 Å². The van der Waals surface area contributed by atoms with E-state index >= 15 is 0 Å². The number of hydrogen-bond donors (Lipinski definition) is 2. The Morgan fingerprint density at radius 2 is 1.67 bits per heavy atom. The van der Waals surface area contributed by atoms with Gasteiger partial charge >= 0.3 is 5.97 Å². The molecule has 3 rings (SSSR count). The number of hydrogen-bond acceptors (Lipinski definition) is 1. The summed E-state index contributed by atoms with van der Waals surface area (Å²) in [5.74, 6) is -0.902. The average molecular weight is 237 g/mol. The van der Waals surface area contributed by atoms with Crippen LogP contribution in [-0.2, 0) is 0 Å². The molecule has 0 fully saturated rings. The average Bonchev–Trinajstić information content (AvgIpc) is 2.86. The van der Waals surface area contributed by atoms with E-state index in [1.54, 1.807) is 12.1 Å². The molecule has 0 aliphatic heterocycles. The maximum Gasteiger partial charge on any atom is 0.335 e. The van der Waals surface area contributed by atoms with E-state index in [0.29, 0.717) is 5.56 Å². The van der Waals surface area contributed by atoms with Gasteiger partial charge in [0.25, 0.3) is 0 Å². The molecule has 0 spiro atoms. The van der Waals surface area contributed by atoms with Crippen molar-refractivity contribution < 1.29 is 9.90 Å². The Morgan fingerprint density at radius 1 is 0.944 bits per heavy atom. The third-order valence-corrected chi connectivity index (χ3v) is 3.02. The van der Waals surface area contributed by atoms with E-state index < -0.39 is 5.97 Å². The van der Waals surface area contributed by atoms with Gasteiger partial charge in [-0.05, 0) is 40.8 Å². The van der Waals surface area contributed by atoms with E-state index in [1.165, 1.54) is 5.39 Å². The van der Waals surface area contributed by atoms with Crippen molar-refractivity contribution in [3.8, 4) is 11.1 Å². The zero-order chi connectivity index (χ0) is 12.5. The molecular weight excluding hydrogens is 226 g/mol. The number of aromatic amines is 1. The smallest absolute Gasteiger partial charge is 0.335 e. The van der Waals surface area contributed by atoms with Gasteiger partial charge in [-0.15, -0.1) is 0 Å². The second kappa shape index (κ2) is 4.04. The van der Waals surface area contributed by atoms with Crippen molar-refractivity contribution in [1.29, 1.82) is 0 Å². The second-order valence-corrected chi connectivity index (χ2v) is 4.16. The fourth-order valence-corrected chi connectivity index (χ4v) is 2.03. The lowest BCUT2D eigenvalue weighted by atomic mass is 10.0. The SMILES string of the molecule is O=C(O)c1ccc(-c2ccc3cc[nH]c3c2)cc1. The van der Waals surface area contributed by atoms with Crippen molar-refractivity contribution in [1.82, 2.24) is 4.98 Å². The van der Waals surface area contributed by atoms with Crippen LogP contribution >= 0.6 is 0 Å². The number of carboxylic acid groups (broad SMARTS) is 1. The van der Waals surface area contributed by atoms with E-state index in [-0.39, 0.29) is 0 Å². The highest BCUT2D eigenvalue weighted by atomic mass is 16.4. The molecule has 1 aromatic heterocycles. The molecule has 0 aliphatic carbocycles. The molecule has 18 heavy (non-hydrogen) atoms. The highest BCUT2D eigenvalue weighted by molar-refractivity contribution is 5.89. The highest BCUT2D eigenvalue weighted by Gasteiger charge is 2.04. The Morgan fingerprint density at radius 3 is 2.39 bits per heavy atom. The number of aromatic carboxylic acids is 1. The first kappa shape index (κ1) is 10.6. The molecule has 0 unspecified atom stereocenters. The number of carbonyl (C=O) groups is 1. The third kappa shape index (κ3) is 1.76. The van der Waals surface area contributed by atoms with Crippen molar-refractivity contribution in [3.05, 3.63) is 60.3 Å². The van der Waals surface area contributed by atoms with Crippen LogP contribution in [0, 0.1) is 0 Å². The first-order chi connectivity index (χ1) is 8.74. The summed E-state index contributed by atoms with van der Waals surface area (Å²) < 4.78 is 0. The van der Waals surface area contributed by atoms with E-state index in [4.69, 9.17) is 5.11 Å². The molecule has 2 N–H and O–H groups in total. The van der Waals surface area contributed by atoms with Crippen molar-refractivity contribution in [2.45, 2.75) is 0 Å². The van der Waals surface area contributed by atoms with Gasteiger partial charge in [0.15, 0.2) is 0 Å². The van der Waals surface area contributed by atoms with E-state index in [9.17, 15) is 4.79 Å². The normalized spacial score (nSPS) is 10.7. The Kier molecular flexibility index (Phi) is 2.38. The molecule has 0 radical (unpaired) electrons. The van der Waals surface area contributed by atoms with E-state index in [1.807, 2.05) is 36.5 Å². The predicted octanol–water partition coefficient (Wildman–Crippen LogP) is 3.53. The van der Waals surface area contributed by atoms with E-state index in [0.717, 1.165) is 16.6 Å². The number of nitrogens with one attached hydrogen (secondary N) is 1. The molecule has 0 saturated carbocycles. The Labute approximate surface area is 104 Å². The summed E-state index contributed by atoms with van der Waals surface area (Å²) in [5, 5.41) is 10.0. The van der Waals surface area contributed by atoms with Gasteiger partial charge in [-0.2, -0.15) is 0 Å². The Bertz CT molecular complexity index is 711. The summed E-state index contributed by atoms with van der Waals surface area (Å²) in [7, 11) is 0. The van der Waals surface area contributed by atoms with E-state index in [2.05, 4.69) is 11.1 Å². The number of carboxylic acids is 1. The Hall–Kier alpha value is -2.55. The maximum absolute atomic E-state index is 10.8. The standard InChI is InChI=1S/C15H11NO2/c17-15(18)12-4-1-10(2-5-12)13-6-3-11-7-8-16-14(11)9-13/h1-9,16H,(H,17,18). The molecular formula is C15H11NO2. The molecule has 2 aromatic carbocycles. The van der Waals surface area contributed by atoms with Gasteiger partial charge in [0.1, 0.15) is 0 Å². The first-order valence-electron chi connectivity index (χ1n) is 5.65. The van der Waals surface area contributed by atoms with Crippen LogP contribution in [-0.4, -0.2) is 16.1 Å². The number of aromatic nitrogens is 1. The number of H-pyrrole nitrogens is 1. The van der Waals surface area contributed by atoms with Crippen molar-refractivity contribution in [2.75, 3.05) is 0 Å². The minimum Gasteiger partial charge on any atom is -0.478 e. The van der Waals surface area contributed by atoms with Crippen molar-refractivity contribution in [3.63, 3.8) is 0 Å². The van der Waals surface area contributed by atoms with Crippen LogP contribution in [0.25, 0.3) is 22.0 Å². The molecule has 0 bridgehead atoms. The van der Waals surface area contributed by atoms with Gasteiger partial charge in [0, 0.05) is 11.7 Å². The lowest BCUT2D eigenvalue weighted by Gasteiger charge is -2.02. The summed E-state index contributed by atoms with van der Waals surface area (Å²) in [6.07, 6.45) is 1.90. The molecule has 3 heteroatoms. The van der Waals surface area contributed by atoms with Crippen LogP contribution in [0.2, 0.25) is 0 Å². The molecule has 1 heterocycles. The quantitative estimate of drug-likeness (QED) is 0.716. The fraction of sp³-hybridized carbons (Fsp3) is 0. The lowest BCUT2D eigenvalue weighted by molar-refractivity contribution is 0.0697. The van der Waals surface area contributed by atoms with Crippen molar-refractivity contribution in [2.24, 2.45) is 0 Å². The van der Waals surface area contributed by atoms with Crippen LogP contribution in [0.1, 0.15) is 10.4 Å². The van der Waals surface area contributed by atoms with Crippen molar-refractivity contribution >= 4 is 16.9 Å². The third-order valence-electron chi connectivity index (χ3n) is 3.02. The van der Waals surface area contributed by atoms with Gasteiger partial charge in [0.2, 0.25) is 0 Å². The van der Waals surface area contributed by atoms with Crippen LogP contribution in [0.5, 0.6) is 0 Å². The van der Waals surface area contributed by atoms with Crippen LogP contribution in [0.15, 0.2) is 54.7 Å². The lowest BCUT2D eigenvalue weighted by Crippen LogP contribution is -1.94. The summed E-state index contributed by atoms with van der Waals surface area (Å²) in [6.45, 7) is 0. The topological polar surface area (TPSA) is 53.1 Å². The molecule has 0 amide bonds. The van der Waals surface area contributed by atoms with Crippen LogP contribution in [0.3, 0.4) is 0 Å². The van der Waals surface area contributed by atoms with Gasteiger partial charge in [-0.25, -0.2) is 4.79 Å². The highest BCUT2D eigenvalue weighted by Crippen LogP contribution is 2.24. The number of benzene rings is 2. The Balaban J connectivity index is 2.05. The largest absolute Gasteiger partial charge is 0.478 e. The minimum absolute atomic E-state index is 0.305. The van der Waals surface area contributed by atoms with Crippen LogP contribution in [0.4, 0.5) is 0 Å². The summed E-state index contributed by atoms with van der Waals surface area (Å²) in [6, 6.07) is 15.1. The molecule has 3 nitrogen and oxygen atoms in total. The maximum atomic E-state index is 10.8. The molecule has 0 aliphatic rings. The summed E-state index contributed by atoms with van der Waals surface area (Å²) in [4.78, 5) is 13.9. The number of fused-ring (bicyclic) bond motifs is 1. The minimum atomic E-state index is -0.902. The van der Waals surface area contributed by atoms with Gasteiger partial charge in [-0.3, -0.25) is 0 Å². The van der Waals surface area contributed by atoms with Gasteiger partial charge in [0.05, 0.1) is 5.56 Å². The zero-order valence-electron chi connectivity index (χ0n) is 9.55. The second-order valence-electron chi connectivity index (χ2n) is 4.16. The number of rotatable bonds is 2. The predicted molar refractivity (Wildman–Crippen MR) is 70.7 cm³/mol. The molecule has 3 aromatic rings. The fourth-order valence-electron chi connectivity index (χ4n) is 2.03. The first-order valence-corrected chi connectivity index (χ1v) is 5.65. The molecule has 0 atom stereocenters. The summed E-state index contributed by atoms with van der Waals surface area (Å²) in [5.41, 5.74) is 3.47. The monoisotopic (exact) mass is 237 g/mol. The van der Waals surface area contributed by atoms with Gasteiger partial charge < -0.3 is 10.1 Å².